The van der Waals surface area contributed by atoms with Gasteiger partial charge in [-0.25, -0.2) is 0 Å². The average Bonchev–Trinajstić information content (AvgIpc) is 2.01. The maximum Gasteiger partial charge on any atom is 0.0270 e. The Bertz CT molecular complexity index is 224. The third-order valence-electron chi connectivity index (χ3n) is 2.55. The van der Waals surface area contributed by atoms with Gasteiger partial charge in [-0.2, -0.15) is 0 Å². The summed E-state index contributed by atoms with van der Waals surface area (Å²) in [5.74, 6) is 1.76. The summed E-state index contributed by atoms with van der Waals surface area (Å²) >= 11 is 0. The normalized spacial score (nSPS) is 29.5. The number of pyridine rings is 1. The number of nitrogens with zero attached hydrogens (tertiary/aromatic N) is 1. The highest BCUT2D eigenvalue weighted by Gasteiger charge is 2.26. The molecular weight excluding hydrogens is 134 g/mol. The molecule has 0 atom stereocenters. The van der Waals surface area contributed by atoms with Gasteiger partial charge in [-0.15, -0.1) is 0 Å². The fourth-order valence-corrected chi connectivity index (χ4v) is 1.81. The van der Waals surface area contributed by atoms with Crippen LogP contribution in [0.2, 0.25) is 0 Å². The molecule has 1 aromatic heterocycles. The molecule has 0 amide bonds. The lowest BCUT2D eigenvalue weighted by Gasteiger charge is -2.32. The molecule has 1 aliphatic carbocycles. The molecule has 1 aromatic rings. The van der Waals surface area contributed by atoms with E-state index in [-0.39, 0.29) is 0 Å². The van der Waals surface area contributed by atoms with Gasteiger partial charge in [0.25, 0.3) is 0 Å². The summed E-state index contributed by atoms with van der Waals surface area (Å²) in [4.78, 5) is 4.01. The van der Waals surface area contributed by atoms with Crippen LogP contribution in [0.25, 0.3) is 0 Å². The summed E-state index contributed by atoms with van der Waals surface area (Å²) in [6, 6.07) is 4.27. The Morgan fingerprint density at radius 1 is 1.27 bits per heavy atom. The summed E-state index contributed by atoms with van der Waals surface area (Å²) in [5, 5.41) is 0. The van der Waals surface area contributed by atoms with Crippen molar-refractivity contribution in [1.29, 1.82) is 0 Å². The van der Waals surface area contributed by atoms with E-state index in [0.29, 0.717) is 0 Å². The molecule has 0 aromatic carbocycles. The number of rotatable bonds is 1. The van der Waals surface area contributed by atoms with Crippen LogP contribution in [0.3, 0.4) is 0 Å². The van der Waals surface area contributed by atoms with Crippen LogP contribution in [0.1, 0.15) is 31.2 Å². The van der Waals surface area contributed by atoms with E-state index in [1.807, 2.05) is 12.4 Å². The molecule has 2 rings (SSSR count). The number of hydrogen-bond acceptors (Lipinski definition) is 1. The molecule has 1 nitrogen and oxygen atoms in total. The zero-order chi connectivity index (χ0) is 7.68. The maximum atomic E-state index is 4.01. The first-order chi connectivity index (χ1) is 5.36. The lowest BCUT2D eigenvalue weighted by molar-refractivity contribution is 0.288. The minimum absolute atomic E-state index is 0.827. The molecule has 0 bridgehead atoms. The van der Waals surface area contributed by atoms with Crippen LogP contribution in [0.4, 0.5) is 0 Å². The van der Waals surface area contributed by atoms with Crippen LogP contribution >= 0.6 is 0 Å². The first-order valence-electron chi connectivity index (χ1n) is 4.26. The third-order valence-corrected chi connectivity index (χ3v) is 2.55. The van der Waals surface area contributed by atoms with Crippen molar-refractivity contribution in [2.75, 3.05) is 0 Å². The molecule has 58 valence electrons. The van der Waals surface area contributed by atoms with Crippen LogP contribution in [-0.2, 0) is 0 Å². The predicted octanol–water partition coefficient (Wildman–Crippen LogP) is 2.60. The Balaban J connectivity index is 2.08. The largest absolute Gasteiger partial charge is 0.265 e. The predicted molar refractivity (Wildman–Crippen MR) is 45.4 cm³/mol. The van der Waals surface area contributed by atoms with Crippen molar-refractivity contribution < 1.29 is 0 Å². The van der Waals surface area contributed by atoms with Crippen LogP contribution in [0.15, 0.2) is 24.5 Å². The molecule has 11 heavy (non-hydrogen) atoms. The third kappa shape index (κ3) is 1.28. The van der Waals surface area contributed by atoms with Gasteiger partial charge in [0, 0.05) is 12.4 Å². The SMILES string of the molecule is CC1CC(c2ccncc2)C1. The van der Waals surface area contributed by atoms with Gasteiger partial charge >= 0.3 is 0 Å². The van der Waals surface area contributed by atoms with Crippen molar-refractivity contribution in [3.63, 3.8) is 0 Å². The molecule has 1 fully saturated rings. The Kier molecular flexibility index (Phi) is 1.65. The molecule has 1 saturated carbocycles. The van der Waals surface area contributed by atoms with Gasteiger partial charge in [-0.1, -0.05) is 6.92 Å². The Labute approximate surface area is 67.5 Å². The highest BCUT2D eigenvalue weighted by atomic mass is 14.6. The van der Waals surface area contributed by atoms with Crippen molar-refractivity contribution in [1.82, 2.24) is 4.98 Å². The van der Waals surface area contributed by atoms with Crippen LogP contribution in [0, 0.1) is 5.92 Å². The highest BCUT2D eigenvalue weighted by Crippen LogP contribution is 2.40. The summed E-state index contributed by atoms with van der Waals surface area (Å²) < 4.78 is 0. The topological polar surface area (TPSA) is 12.9 Å². The molecule has 0 saturated heterocycles. The smallest absolute Gasteiger partial charge is 0.0270 e. The van der Waals surface area contributed by atoms with Gasteiger partial charge in [0.1, 0.15) is 0 Å². The van der Waals surface area contributed by atoms with Gasteiger partial charge in [-0.05, 0) is 42.4 Å². The monoisotopic (exact) mass is 147 g/mol. The lowest BCUT2D eigenvalue weighted by Crippen LogP contribution is -2.18. The van der Waals surface area contributed by atoms with Crippen molar-refractivity contribution in [2.45, 2.75) is 25.7 Å². The van der Waals surface area contributed by atoms with Gasteiger partial charge in [-0.3, -0.25) is 4.98 Å². The number of hydrogen-bond donors (Lipinski definition) is 0. The first-order valence-corrected chi connectivity index (χ1v) is 4.26. The first kappa shape index (κ1) is 6.84. The molecule has 1 heterocycles. The van der Waals surface area contributed by atoms with Crippen molar-refractivity contribution in [2.24, 2.45) is 5.92 Å². The molecule has 1 aliphatic rings. The molecule has 0 aliphatic heterocycles. The molecule has 1 heteroatoms. The van der Waals surface area contributed by atoms with Crippen molar-refractivity contribution in [3.8, 4) is 0 Å². The summed E-state index contributed by atoms with van der Waals surface area (Å²) in [6.45, 7) is 2.32. The van der Waals surface area contributed by atoms with Crippen molar-refractivity contribution in [3.05, 3.63) is 30.1 Å². The summed E-state index contributed by atoms with van der Waals surface area (Å²) in [5.41, 5.74) is 1.47. The van der Waals surface area contributed by atoms with Gasteiger partial charge < -0.3 is 0 Å². The fraction of sp³-hybridized carbons (Fsp3) is 0.500. The molecule has 0 spiro atoms. The fourth-order valence-electron chi connectivity index (χ4n) is 1.81. The van der Waals surface area contributed by atoms with Crippen LogP contribution in [0.5, 0.6) is 0 Å². The van der Waals surface area contributed by atoms with E-state index in [9.17, 15) is 0 Å². The van der Waals surface area contributed by atoms with E-state index in [0.717, 1.165) is 11.8 Å². The van der Waals surface area contributed by atoms with Gasteiger partial charge in [0.05, 0.1) is 0 Å². The second-order valence-electron chi connectivity index (χ2n) is 3.55. The molecule has 0 unspecified atom stereocenters. The van der Waals surface area contributed by atoms with Crippen molar-refractivity contribution >= 4 is 0 Å². The average molecular weight is 147 g/mol. The quantitative estimate of drug-likeness (QED) is 0.595. The molecule has 0 N–H and O–H groups in total. The zero-order valence-corrected chi connectivity index (χ0v) is 6.83. The second kappa shape index (κ2) is 2.65. The van der Waals surface area contributed by atoms with E-state index in [2.05, 4.69) is 24.0 Å². The standard InChI is InChI=1S/C10H13N/c1-8-6-10(7-8)9-2-4-11-5-3-9/h2-5,8,10H,6-7H2,1H3. The maximum absolute atomic E-state index is 4.01. The van der Waals surface area contributed by atoms with E-state index in [1.165, 1.54) is 18.4 Å². The minimum Gasteiger partial charge on any atom is -0.265 e. The Morgan fingerprint density at radius 2 is 1.91 bits per heavy atom. The van der Waals surface area contributed by atoms with E-state index in [1.54, 1.807) is 0 Å². The molecule has 0 radical (unpaired) electrons. The number of aromatic nitrogens is 1. The Hall–Kier alpha value is -0.850. The van der Waals surface area contributed by atoms with E-state index in [4.69, 9.17) is 0 Å². The zero-order valence-electron chi connectivity index (χ0n) is 6.83. The molecular formula is C10H13N. The lowest BCUT2D eigenvalue weighted by atomic mass is 9.73. The minimum atomic E-state index is 0.827. The second-order valence-corrected chi connectivity index (χ2v) is 3.55. The Morgan fingerprint density at radius 3 is 2.45 bits per heavy atom. The van der Waals surface area contributed by atoms with E-state index < -0.39 is 0 Å². The highest BCUT2D eigenvalue weighted by molar-refractivity contribution is 5.18. The van der Waals surface area contributed by atoms with Gasteiger partial charge in [0.15, 0.2) is 0 Å². The van der Waals surface area contributed by atoms with Gasteiger partial charge in [0.2, 0.25) is 0 Å². The summed E-state index contributed by atoms with van der Waals surface area (Å²) in [7, 11) is 0. The van der Waals surface area contributed by atoms with E-state index >= 15 is 0 Å². The van der Waals surface area contributed by atoms with Crippen LogP contribution in [-0.4, -0.2) is 4.98 Å². The summed E-state index contributed by atoms with van der Waals surface area (Å²) in [6.07, 6.45) is 6.50. The van der Waals surface area contributed by atoms with Crippen LogP contribution < -0.4 is 0 Å².